The van der Waals surface area contributed by atoms with Crippen molar-refractivity contribution in [2.75, 3.05) is 26.2 Å². The van der Waals surface area contributed by atoms with Crippen LogP contribution in [0, 0.1) is 0 Å². The fourth-order valence-corrected chi connectivity index (χ4v) is 4.94. The van der Waals surface area contributed by atoms with Gasteiger partial charge in [-0.3, -0.25) is 14.5 Å². The summed E-state index contributed by atoms with van der Waals surface area (Å²) in [6.45, 7) is 2.22. The molecule has 2 aromatic rings. The highest BCUT2D eigenvalue weighted by molar-refractivity contribution is 8.26. The van der Waals surface area contributed by atoms with E-state index in [0.29, 0.717) is 21.5 Å². The number of nitrogens with zero attached hydrogens (tertiary/aromatic N) is 2. The van der Waals surface area contributed by atoms with Gasteiger partial charge in [-0.25, -0.2) is 0 Å². The molecule has 2 aromatic carbocycles. The standard InChI is InChI=1S/C24H24N2O3S2/c27-22(25-12-4-5-13-25)17-29-20-10-6-9-19(15-20)16-21-23(28)26(24(30)31-21)14-11-18-7-2-1-3-8-18/h1-3,6-10,15-16H,4-5,11-14,17H2/b21-16-. The second-order valence-electron chi connectivity index (χ2n) is 7.52. The Morgan fingerprint density at radius 2 is 1.87 bits per heavy atom. The number of thiocarbonyl (C=S) groups is 1. The summed E-state index contributed by atoms with van der Waals surface area (Å²) in [7, 11) is 0. The van der Waals surface area contributed by atoms with Crippen molar-refractivity contribution in [1.29, 1.82) is 0 Å². The van der Waals surface area contributed by atoms with E-state index in [9.17, 15) is 9.59 Å². The molecular formula is C24H24N2O3S2. The molecule has 2 saturated heterocycles. The second kappa shape index (κ2) is 10.1. The molecule has 2 aliphatic heterocycles. The van der Waals surface area contributed by atoms with Crippen LogP contribution in [0.25, 0.3) is 6.08 Å². The highest BCUT2D eigenvalue weighted by Crippen LogP contribution is 2.33. The van der Waals surface area contributed by atoms with Gasteiger partial charge in [0.2, 0.25) is 0 Å². The Kier molecular flexibility index (Phi) is 7.04. The quantitative estimate of drug-likeness (QED) is 0.467. The Bertz CT molecular complexity index is 1000. The van der Waals surface area contributed by atoms with Gasteiger partial charge in [-0.05, 0) is 48.6 Å². The number of hydrogen-bond donors (Lipinski definition) is 0. The van der Waals surface area contributed by atoms with Gasteiger partial charge in [0.25, 0.3) is 11.8 Å². The summed E-state index contributed by atoms with van der Waals surface area (Å²) in [5.74, 6) is 0.560. The van der Waals surface area contributed by atoms with E-state index in [4.69, 9.17) is 17.0 Å². The lowest BCUT2D eigenvalue weighted by atomic mass is 10.1. The second-order valence-corrected chi connectivity index (χ2v) is 9.19. The zero-order valence-electron chi connectivity index (χ0n) is 17.2. The molecule has 0 aliphatic carbocycles. The molecule has 0 bridgehead atoms. The summed E-state index contributed by atoms with van der Waals surface area (Å²) < 4.78 is 6.27. The Morgan fingerprint density at radius 3 is 2.65 bits per heavy atom. The maximum atomic E-state index is 12.9. The van der Waals surface area contributed by atoms with Crippen molar-refractivity contribution >= 4 is 46.2 Å². The van der Waals surface area contributed by atoms with Crippen LogP contribution in [0.3, 0.4) is 0 Å². The third-order valence-corrected chi connectivity index (χ3v) is 6.70. The first-order valence-corrected chi connectivity index (χ1v) is 11.6. The predicted octanol–water partition coefficient (Wildman–Crippen LogP) is 4.13. The van der Waals surface area contributed by atoms with Crippen molar-refractivity contribution in [3.05, 3.63) is 70.6 Å². The number of ether oxygens (including phenoxy) is 1. The molecule has 31 heavy (non-hydrogen) atoms. The van der Waals surface area contributed by atoms with E-state index >= 15 is 0 Å². The van der Waals surface area contributed by atoms with Crippen LogP contribution in [0.1, 0.15) is 24.0 Å². The van der Waals surface area contributed by atoms with Gasteiger partial charge in [-0.1, -0.05) is 66.4 Å². The van der Waals surface area contributed by atoms with E-state index in [1.165, 1.54) is 17.3 Å². The SMILES string of the molecule is O=C(COc1cccc(/C=C2\SC(=S)N(CCc3ccccc3)C2=O)c1)N1CCCC1. The third-order valence-electron chi connectivity index (χ3n) is 5.32. The van der Waals surface area contributed by atoms with Crippen LogP contribution in [0.2, 0.25) is 0 Å². The highest BCUT2D eigenvalue weighted by Gasteiger charge is 2.31. The molecule has 0 unspecified atom stereocenters. The van der Waals surface area contributed by atoms with Crippen LogP contribution in [-0.4, -0.2) is 52.2 Å². The molecule has 0 spiro atoms. The van der Waals surface area contributed by atoms with Gasteiger partial charge in [0.1, 0.15) is 10.1 Å². The predicted molar refractivity (Wildman–Crippen MR) is 128 cm³/mol. The van der Waals surface area contributed by atoms with Gasteiger partial charge in [-0.15, -0.1) is 0 Å². The Hall–Kier alpha value is -2.64. The summed E-state index contributed by atoms with van der Waals surface area (Å²) in [6, 6.07) is 17.5. The average molecular weight is 453 g/mol. The van der Waals surface area contributed by atoms with Crippen molar-refractivity contribution in [2.45, 2.75) is 19.3 Å². The van der Waals surface area contributed by atoms with E-state index in [2.05, 4.69) is 0 Å². The minimum absolute atomic E-state index is 0.0159. The smallest absolute Gasteiger partial charge is 0.266 e. The van der Waals surface area contributed by atoms with E-state index in [0.717, 1.165) is 37.9 Å². The fourth-order valence-electron chi connectivity index (χ4n) is 3.63. The van der Waals surface area contributed by atoms with Gasteiger partial charge >= 0.3 is 0 Å². The molecule has 2 aliphatic rings. The summed E-state index contributed by atoms with van der Waals surface area (Å²) in [5, 5.41) is 0. The number of benzene rings is 2. The molecule has 5 nitrogen and oxygen atoms in total. The number of hydrogen-bond acceptors (Lipinski definition) is 5. The number of amides is 2. The summed E-state index contributed by atoms with van der Waals surface area (Å²) in [4.78, 5) is 29.1. The van der Waals surface area contributed by atoms with Crippen LogP contribution in [0.4, 0.5) is 0 Å². The van der Waals surface area contributed by atoms with Crippen LogP contribution in [-0.2, 0) is 16.0 Å². The molecule has 0 atom stereocenters. The van der Waals surface area contributed by atoms with Crippen molar-refractivity contribution in [3.63, 3.8) is 0 Å². The molecule has 4 rings (SSSR count). The third kappa shape index (κ3) is 5.54. The van der Waals surface area contributed by atoms with Gasteiger partial charge in [0.05, 0.1) is 4.91 Å². The van der Waals surface area contributed by atoms with Crippen molar-refractivity contribution in [1.82, 2.24) is 9.80 Å². The largest absolute Gasteiger partial charge is 0.484 e. The maximum absolute atomic E-state index is 12.9. The zero-order chi connectivity index (χ0) is 21.6. The summed E-state index contributed by atoms with van der Waals surface area (Å²) in [5.41, 5.74) is 2.02. The molecular weight excluding hydrogens is 428 g/mol. The molecule has 0 radical (unpaired) electrons. The lowest BCUT2D eigenvalue weighted by molar-refractivity contribution is -0.132. The van der Waals surface area contributed by atoms with Crippen LogP contribution in [0.5, 0.6) is 5.75 Å². The molecule has 2 amide bonds. The Labute approximate surface area is 192 Å². The van der Waals surface area contributed by atoms with Crippen LogP contribution < -0.4 is 4.74 Å². The van der Waals surface area contributed by atoms with Gasteiger partial charge < -0.3 is 9.64 Å². The summed E-state index contributed by atoms with van der Waals surface area (Å²) >= 11 is 6.76. The number of thioether (sulfide) groups is 1. The number of rotatable bonds is 7. The molecule has 160 valence electrons. The molecule has 0 aromatic heterocycles. The number of likely N-dealkylation sites (tertiary alicyclic amines) is 1. The van der Waals surface area contributed by atoms with E-state index in [1.54, 1.807) is 4.90 Å². The molecule has 2 heterocycles. The highest BCUT2D eigenvalue weighted by atomic mass is 32.2. The average Bonchev–Trinajstić information content (AvgIpc) is 3.41. The lowest BCUT2D eigenvalue weighted by Gasteiger charge is -2.15. The van der Waals surface area contributed by atoms with E-state index in [-0.39, 0.29) is 18.4 Å². The van der Waals surface area contributed by atoms with E-state index in [1.807, 2.05) is 65.6 Å². The van der Waals surface area contributed by atoms with Crippen molar-refractivity contribution in [2.24, 2.45) is 0 Å². The maximum Gasteiger partial charge on any atom is 0.266 e. The molecule has 0 N–H and O–H groups in total. The van der Waals surface area contributed by atoms with Crippen LogP contribution >= 0.6 is 24.0 Å². The van der Waals surface area contributed by atoms with Gasteiger partial charge in [-0.2, -0.15) is 0 Å². The first-order valence-electron chi connectivity index (χ1n) is 10.4. The van der Waals surface area contributed by atoms with E-state index < -0.39 is 0 Å². The van der Waals surface area contributed by atoms with Gasteiger partial charge in [0, 0.05) is 19.6 Å². The molecule has 2 fully saturated rings. The Balaban J connectivity index is 1.37. The first-order chi connectivity index (χ1) is 15.1. The number of carbonyl (C=O) groups excluding carboxylic acids is 2. The van der Waals surface area contributed by atoms with Crippen molar-refractivity contribution < 1.29 is 14.3 Å². The zero-order valence-corrected chi connectivity index (χ0v) is 18.8. The van der Waals surface area contributed by atoms with Gasteiger partial charge in [0.15, 0.2) is 6.61 Å². The monoisotopic (exact) mass is 452 g/mol. The summed E-state index contributed by atoms with van der Waals surface area (Å²) in [6.07, 6.45) is 4.71. The normalized spacial score (nSPS) is 17.6. The first kappa shape index (κ1) is 21.6. The topological polar surface area (TPSA) is 49.9 Å². The molecule has 0 saturated carbocycles. The van der Waals surface area contributed by atoms with Crippen molar-refractivity contribution in [3.8, 4) is 5.75 Å². The van der Waals surface area contributed by atoms with Crippen LogP contribution in [0.15, 0.2) is 59.5 Å². The minimum atomic E-state index is -0.0681. The number of carbonyl (C=O) groups is 2. The minimum Gasteiger partial charge on any atom is -0.484 e. The lowest BCUT2D eigenvalue weighted by Crippen LogP contribution is -2.32. The Morgan fingerprint density at radius 1 is 1.10 bits per heavy atom. The fraction of sp³-hybridized carbons (Fsp3) is 0.292. The molecule has 7 heteroatoms.